The van der Waals surface area contributed by atoms with Crippen LogP contribution in [-0.4, -0.2) is 7.11 Å². The summed E-state index contributed by atoms with van der Waals surface area (Å²) in [5.41, 5.74) is 2.34. The van der Waals surface area contributed by atoms with Gasteiger partial charge in [0, 0.05) is 14.8 Å². The first-order valence-corrected chi connectivity index (χ1v) is 7.47. The van der Waals surface area contributed by atoms with Crippen molar-refractivity contribution in [1.82, 2.24) is 0 Å². The Balaban J connectivity index is 2.25. The number of para-hydroxylation sites is 1. The maximum atomic E-state index is 5.45. The van der Waals surface area contributed by atoms with E-state index in [2.05, 4.69) is 71.2 Å². The van der Waals surface area contributed by atoms with Crippen molar-refractivity contribution in [2.24, 2.45) is 0 Å². The molecule has 2 aromatic carbocycles. The van der Waals surface area contributed by atoms with Gasteiger partial charge in [0.05, 0.1) is 13.2 Å². The van der Waals surface area contributed by atoms with E-state index in [0.717, 1.165) is 17.9 Å². The molecule has 0 saturated carbocycles. The summed E-state index contributed by atoms with van der Waals surface area (Å²) in [6.07, 6.45) is 1.01. The molecule has 100 valence electrons. The van der Waals surface area contributed by atoms with Crippen molar-refractivity contribution in [3.8, 4) is 5.75 Å². The predicted octanol–water partition coefficient (Wildman–Crippen LogP) is 4.86. The summed E-state index contributed by atoms with van der Waals surface area (Å²) in [7, 11) is 1.72. The summed E-state index contributed by atoms with van der Waals surface area (Å²) < 4.78 is 6.68. The standard InChI is InChI=1S/C16H18INO/c1-3-15(14-9-4-5-10-16(14)19-2)18-13-8-6-7-12(17)11-13/h4-11,15,18H,3H2,1-2H3. The number of hydrogen-bond acceptors (Lipinski definition) is 2. The largest absolute Gasteiger partial charge is 0.496 e. The Morgan fingerprint density at radius 3 is 2.63 bits per heavy atom. The van der Waals surface area contributed by atoms with Gasteiger partial charge in [-0.1, -0.05) is 31.2 Å². The molecular formula is C16H18INO. The lowest BCUT2D eigenvalue weighted by Gasteiger charge is -2.21. The van der Waals surface area contributed by atoms with Gasteiger partial charge in [0.25, 0.3) is 0 Å². The van der Waals surface area contributed by atoms with Crippen molar-refractivity contribution in [2.75, 3.05) is 12.4 Å². The third kappa shape index (κ3) is 3.62. The minimum atomic E-state index is 0.259. The van der Waals surface area contributed by atoms with Crippen molar-refractivity contribution in [2.45, 2.75) is 19.4 Å². The van der Waals surface area contributed by atoms with Crippen LogP contribution < -0.4 is 10.1 Å². The lowest BCUT2D eigenvalue weighted by Crippen LogP contribution is -2.11. The van der Waals surface area contributed by atoms with Crippen LogP contribution in [0.5, 0.6) is 5.75 Å². The summed E-state index contributed by atoms with van der Waals surface area (Å²) in [5.74, 6) is 0.937. The van der Waals surface area contributed by atoms with Gasteiger partial charge in [-0.05, 0) is 53.3 Å². The quantitative estimate of drug-likeness (QED) is 0.762. The van der Waals surface area contributed by atoms with E-state index in [4.69, 9.17) is 4.74 Å². The van der Waals surface area contributed by atoms with Gasteiger partial charge in [0.1, 0.15) is 5.75 Å². The molecule has 0 bridgehead atoms. The molecule has 0 heterocycles. The van der Waals surface area contributed by atoms with Crippen molar-refractivity contribution >= 4 is 28.3 Å². The Morgan fingerprint density at radius 1 is 1.16 bits per heavy atom. The van der Waals surface area contributed by atoms with Crippen LogP contribution in [0.25, 0.3) is 0 Å². The Hall–Kier alpha value is -1.23. The van der Waals surface area contributed by atoms with Crippen LogP contribution in [0.3, 0.4) is 0 Å². The highest BCUT2D eigenvalue weighted by atomic mass is 127. The molecular weight excluding hydrogens is 349 g/mol. The molecule has 0 aliphatic carbocycles. The summed E-state index contributed by atoms with van der Waals surface area (Å²) >= 11 is 2.33. The molecule has 0 saturated heterocycles. The molecule has 2 nitrogen and oxygen atoms in total. The molecule has 0 spiro atoms. The monoisotopic (exact) mass is 367 g/mol. The van der Waals surface area contributed by atoms with Gasteiger partial charge in [-0.2, -0.15) is 0 Å². The van der Waals surface area contributed by atoms with E-state index in [1.54, 1.807) is 7.11 Å². The molecule has 3 heteroatoms. The van der Waals surface area contributed by atoms with E-state index < -0.39 is 0 Å². The van der Waals surface area contributed by atoms with Crippen molar-refractivity contribution in [3.63, 3.8) is 0 Å². The van der Waals surface area contributed by atoms with Crippen LogP contribution in [0.2, 0.25) is 0 Å². The van der Waals surface area contributed by atoms with Gasteiger partial charge in [-0.3, -0.25) is 0 Å². The number of rotatable bonds is 5. The number of methoxy groups -OCH3 is 1. The van der Waals surface area contributed by atoms with Crippen LogP contribution in [0.4, 0.5) is 5.69 Å². The fourth-order valence-electron chi connectivity index (χ4n) is 2.13. The van der Waals surface area contributed by atoms with Gasteiger partial charge >= 0.3 is 0 Å². The maximum absolute atomic E-state index is 5.45. The van der Waals surface area contributed by atoms with Crippen molar-refractivity contribution in [3.05, 3.63) is 57.7 Å². The number of halogens is 1. The minimum Gasteiger partial charge on any atom is -0.496 e. The molecule has 19 heavy (non-hydrogen) atoms. The second kappa shape index (κ2) is 6.80. The van der Waals surface area contributed by atoms with Gasteiger partial charge in [0.2, 0.25) is 0 Å². The first-order valence-electron chi connectivity index (χ1n) is 6.39. The van der Waals surface area contributed by atoms with E-state index in [0.29, 0.717) is 0 Å². The van der Waals surface area contributed by atoms with Crippen LogP contribution in [0, 0.1) is 3.57 Å². The molecule has 1 unspecified atom stereocenters. The first kappa shape index (κ1) is 14.2. The molecule has 0 radical (unpaired) electrons. The molecule has 1 atom stereocenters. The van der Waals surface area contributed by atoms with E-state index in [9.17, 15) is 0 Å². The summed E-state index contributed by atoms with van der Waals surface area (Å²) in [5, 5.41) is 3.58. The molecule has 0 aliphatic rings. The smallest absolute Gasteiger partial charge is 0.124 e. The Bertz CT molecular complexity index is 542. The van der Waals surface area contributed by atoms with Gasteiger partial charge in [-0.25, -0.2) is 0 Å². The SMILES string of the molecule is CCC(Nc1cccc(I)c1)c1ccccc1OC. The lowest BCUT2D eigenvalue weighted by molar-refractivity contribution is 0.406. The average molecular weight is 367 g/mol. The summed E-state index contributed by atoms with van der Waals surface area (Å²) in [6.45, 7) is 2.18. The maximum Gasteiger partial charge on any atom is 0.124 e. The number of anilines is 1. The van der Waals surface area contributed by atoms with Crippen molar-refractivity contribution in [1.29, 1.82) is 0 Å². The zero-order valence-electron chi connectivity index (χ0n) is 11.2. The minimum absolute atomic E-state index is 0.259. The van der Waals surface area contributed by atoms with E-state index in [-0.39, 0.29) is 6.04 Å². The second-order valence-electron chi connectivity index (χ2n) is 4.36. The highest BCUT2D eigenvalue weighted by Gasteiger charge is 2.13. The number of nitrogens with one attached hydrogen (secondary N) is 1. The topological polar surface area (TPSA) is 21.3 Å². The zero-order chi connectivity index (χ0) is 13.7. The van der Waals surface area contributed by atoms with E-state index in [1.807, 2.05) is 12.1 Å². The van der Waals surface area contributed by atoms with Gasteiger partial charge in [-0.15, -0.1) is 0 Å². The summed E-state index contributed by atoms with van der Waals surface area (Å²) in [6, 6.07) is 16.8. The van der Waals surface area contributed by atoms with E-state index in [1.165, 1.54) is 9.13 Å². The molecule has 0 aromatic heterocycles. The highest BCUT2D eigenvalue weighted by Crippen LogP contribution is 2.30. The van der Waals surface area contributed by atoms with Gasteiger partial charge in [0.15, 0.2) is 0 Å². The number of ether oxygens (including phenoxy) is 1. The third-order valence-corrected chi connectivity index (χ3v) is 3.76. The second-order valence-corrected chi connectivity index (χ2v) is 5.60. The van der Waals surface area contributed by atoms with Crippen LogP contribution in [0.1, 0.15) is 24.9 Å². The fourth-order valence-corrected chi connectivity index (χ4v) is 2.68. The lowest BCUT2D eigenvalue weighted by atomic mass is 10.0. The molecule has 0 amide bonds. The number of hydrogen-bond donors (Lipinski definition) is 1. The average Bonchev–Trinajstić information content (AvgIpc) is 2.45. The molecule has 0 aliphatic heterocycles. The van der Waals surface area contributed by atoms with Crippen molar-refractivity contribution < 1.29 is 4.74 Å². The van der Waals surface area contributed by atoms with Crippen LogP contribution in [-0.2, 0) is 0 Å². The normalized spacial score (nSPS) is 11.9. The molecule has 2 aromatic rings. The number of benzene rings is 2. The Kier molecular flexibility index (Phi) is 5.07. The Morgan fingerprint density at radius 2 is 1.95 bits per heavy atom. The van der Waals surface area contributed by atoms with Crippen LogP contribution in [0.15, 0.2) is 48.5 Å². The molecule has 1 N–H and O–H groups in total. The summed E-state index contributed by atoms with van der Waals surface area (Å²) in [4.78, 5) is 0. The molecule has 0 fully saturated rings. The van der Waals surface area contributed by atoms with E-state index >= 15 is 0 Å². The zero-order valence-corrected chi connectivity index (χ0v) is 13.3. The van der Waals surface area contributed by atoms with Gasteiger partial charge < -0.3 is 10.1 Å². The molecule has 2 rings (SSSR count). The highest BCUT2D eigenvalue weighted by molar-refractivity contribution is 14.1. The predicted molar refractivity (Wildman–Crippen MR) is 88.8 cm³/mol. The fraction of sp³-hybridized carbons (Fsp3) is 0.250. The van der Waals surface area contributed by atoms with Crippen LogP contribution >= 0.6 is 22.6 Å². The Labute approximate surface area is 128 Å². The first-order chi connectivity index (χ1) is 9.24. The third-order valence-electron chi connectivity index (χ3n) is 3.09.